The first-order valence-electron chi connectivity index (χ1n) is 7.05. The van der Waals surface area contributed by atoms with Crippen LogP contribution < -0.4 is 0 Å². The lowest BCUT2D eigenvalue weighted by molar-refractivity contribution is 0.133. The molecule has 0 saturated carbocycles. The summed E-state index contributed by atoms with van der Waals surface area (Å²) in [5, 5.41) is 9.91. The molecule has 2 nitrogen and oxygen atoms in total. The number of allylic oxidation sites excluding steroid dienone is 1. The molecule has 1 aromatic rings. The average Bonchev–Trinajstić information content (AvgIpc) is 2.32. The number of benzene rings is 1. The van der Waals surface area contributed by atoms with E-state index in [9.17, 15) is 9.32 Å². The Hall–Kier alpha value is -0.930. The number of hydrogen-bond donors (Lipinski definition) is 1. The van der Waals surface area contributed by atoms with Gasteiger partial charge in [0.25, 0.3) is 0 Å². The molecule has 1 aromatic carbocycles. The van der Waals surface area contributed by atoms with Gasteiger partial charge < -0.3 is 5.11 Å². The molecule has 110 valence electrons. The molecule has 0 aromatic heterocycles. The van der Waals surface area contributed by atoms with Crippen LogP contribution in [0.1, 0.15) is 52.2 Å². The van der Waals surface area contributed by atoms with Gasteiger partial charge in [-0.1, -0.05) is 26.0 Å². The standard InChI is InChI=1S/C17H24O2S/c1-12(11-17(4,5)18)13-6-7-15-14(10-13)16(2,3)8-9-20(15)19/h6-7,10-11,18H,8-9H2,1-5H3/b12-11+. The highest BCUT2D eigenvalue weighted by atomic mass is 32.2. The van der Waals surface area contributed by atoms with Crippen LogP contribution in [0, 0.1) is 0 Å². The van der Waals surface area contributed by atoms with Crippen LogP contribution in [0.5, 0.6) is 0 Å². The van der Waals surface area contributed by atoms with Crippen molar-refractivity contribution in [3.8, 4) is 0 Å². The molecule has 20 heavy (non-hydrogen) atoms. The highest BCUT2D eigenvalue weighted by Crippen LogP contribution is 2.38. The van der Waals surface area contributed by atoms with Gasteiger partial charge in [-0.25, -0.2) is 0 Å². The average molecular weight is 292 g/mol. The van der Waals surface area contributed by atoms with Gasteiger partial charge in [0.15, 0.2) is 0 Å². The van der Waals surface area contributed by atoms with Gasteiger partial charge in [-0.15, -0.1) is 0 Å². The molecule has 0 amide bonds. The molecular weight excluding hydrogens is 268 g/mol. The second kappa shape index (κ2) is 5.12. The summed E-state index contributed by atoms with van der Waals surface area (Å²) < 4.78 is 12.1. The fraction of sp³-hybridized carbons (Fsp3) is 0.529. The summed E-state index contributed by atoms with van der Waals surface area (Å²) in [5.41, 5.74) is 2.57. The summed E-state index contributed by atoms with van der Waals surface area (Å²) in [6, 6.07) is 6.14. The van der Waals surface area contributed by atoms with Gasteiger partial charge in [0, 0.05) is 10.6 Å². The normalized spacial score (nSPS) is 22.5. The zero-order valence-corrected chi connectivity index (χ0v) is 13.8. The minimum atomic E-state index is -0.871. The van der Waals surface area contributed by atoms with Gasteiger partial charge in [0.1, 0.15) is 0 Å². The molecule has 2 rings (SSSR count). The van der Waals surface area contributed by atoms with Gasteiger partial charge in [-0.2, -0.15) is 0 Å². The maximum absolute atomic E-state index is 12.1. The molecule has 0 spiro atoms. The fourth-order valence-electron chi connectivity index (χ4n) is 2.71. The number of fused-ring (bicyclic) bond motifs is 1. The third kappa shape index (κ3) is 3.21. The van der Waals surface area contributed by atoms with Crippen LogP contribution in [0.3, 0.4) is 0 Å². The van der Waals surface area contributed by atoms with Crippen molar-refractivity contribution >= 4 is 16.4 Å². The summed E-state index contributed by atoms with van der Waals surface area (Å²) in [6.07, 6.45) is 2.81. The Balaban J connectivity index is 2.51. The molecule has 0 aliphatic carbocycles. The Morgan fingerprint density at radius 2 is 2.05 bits per heavy atom. The number of aliphatic hydroxyl groups is 1. The Labute approximate surface area is 124 Å². The van der Waals surface area contributed by atoms with Crippen LogP contribution in [0.2, 0.25) is 0 Å². The largest absolute Gasteiger partial charge is 0.386 e. The summed E-state index contributed by atoms with van der Waals surface area (Å²) in [7, 11) is -0.871. The predicted molar refractivity (Wildman–Crippen MR) is 85.3 cm³/mol. The zero-order chi connectivity index (χ0) is 15.1. The molecule has 3 heteroatoms. The first-order chi connectivity index (χ1) is 9.10. The molecule has 1 aliphatic heterocycles. The van der Waals surface area contributed by atoms with Gasteiger partial charge >= 0.3 is 0 Å². The van der Waals surface area contributed by atoms with E-state index in [0.717, 1.165) is 28.2 Å². The van der Waals surface area contributed by atoms with Crippen molar-refractivity contribution in [3.05, 3.63) is 35.4 Å². The van der Waals surface area contributed by atoms with Crippen molar-refractivity contribution in [3.63, 3.8) is 0 Å². The Morgan fingerprint density at radius 1 is 1.40 bits per heavy atom. The molecule has 0 saturated heterocycles. The quantitative estimate of drug-likeness (QED) is 0.903. The van der Waals surface area contributed by atoms with Crippen molar-refractivity contribution in [1.82, 2.24) is 0 Å². The van der Waals surface area contributed by atoms with E-state index in [1.54, 1.807) is 13.8 Å². The van der Waals surface area contributed by atoms with Crippen molar-refractivity contribution in [2.24, 2.45) is 0 Å². The van der Waals surface area contributed by atoms with Crippen LogP contribution in [-0.2, 0) is 16.2 Å². The lowest BCUT2D eigenvalue weighted by Gasteiger charge is -2.32. The summed E-state index contributed by atoms with van der Waals surface area (Å²) in [6.45, 7) is 9.97. The van der Waals surface area contributed by atoms with E-state index in [2.05, 4.69) is 19.9 Å². The lowest BCUT2D eigenvalue weighted by Crippen LogP contribution is -2.27. The van der Waals surface area contributed by atoms with E-state index in [0.29, 0.717) is 0 Å². The van der Waals surface area contributed by atoms with Crippen molar-refractivity contribution in [1.29, 1.82) is 0 Å². The molecule has 1 aliphatic rings. The van der Waals surface area contributed by atoms with Gasteiger partial charge in [0.2, 0.25) is 0 Å². The Bertz CT molecular complexity index is 577. The molecule has 1 atom stereocenters. The highest BCUT2D eigenvalue weighted by Gasteiger charge is 2.31. The van der Waals surface area contributed by atoms with Gasteiger partial charge in [0.05, 0.1) is 16.4 Å². The summed E-state index contributed by atoms with van der Waals surface area (Å²) in [4.78, 5) is 0.973. The second-order valence-corrected chi connectivity index (χ2v) is 8.41. The maximum Gasteiger partial charge on any atom is 0.0777 e. The van der Waals surface area contributed by atoms with Crippen molar-refractivity contribution in [2.75, 3.05) is 5.75 Å². The third-order valence-corrected chi connectivity index (χ3v) is 5.31. The molecule has 0 fully saturated rings. The van der Waals surface area contributed by atoms with Crippen molar-refractivity contribution < 1.29 is 9.32 Å². The molecule has 1 heterocycles. The van der Waals surface area contributed by atoms with Gasteiger partial charge in [-0.3, -0.25) is 4.21 Å². The van der Waals surface area contributed by atoms with Crippen LogP contribution in [0.4, 0.5) is 0 Å². The molecule has 0 radical (unpaired) electrons. The molecule has 0 bridgehead atoms. The lowest BCUT2D eigenvalue weighted by atomic mass is 9.80. The topological polar surface area (TPSA) is 37.3 Å². The first kappa shape index (κ1) is 15.5. The summed E-state index contributed by atoms with van der Waals surface area (Å²) in [5.74, 6) is 0.748. The minimum absolute atomic E-state index is 0.0638. The smallest absolute Gasteiger partial charge is 0.0777 e. The van der Waals surface area contributed by atoms with E-state index in [1.807, 2.05) is 25.1 Å². The van der Waals surface area contributed by atoms with E-state index >= 15 is 0 Å². The van der Waals surface area contributed by atoms with E-state index in [-0.39, 0.29) is 5.41 Å². The summed E-state index contributed by atoms with van der Waals surface area (Å²) >= 11 is 0. The van der Waals surface area contributed by atoms with E-state index < -0.39 is 16.4 Å². The molecule has 1 N–H and O–H groups in total. The molecule has 1 unspecified atom stereocenters. The van der Waals surface area contributed by atoms with E-state index in [1.165, 1.54) is 5.56 Å². The number of rotatable bonds is 2. The van der Waals surface area contributed by atoms with Gasteiger partial charge in [-0.05, 0) is 61.4 Å². The highest BCUT2D eigenvalue weighted by molar-refractivity contribution is 7.85. The fourth-order valence-corrected chi connectivity index (χ4v) is 4.42. The monoisotopic (exact) mass is 292 g/mol. The minimum Gasteiger partial charge on any atom is -0.386 e. The van der Waals surface area contributed by atoms with Crippen LogP contribution >= 0.6 is 0 Å². The van der Waals surface area contributed by atoms with Crippen molar-refractivity contribution in [2.45, 2.75) is 57.0 Å². The Morgan fingerprint density at radius 3 is 2.65 bits per heavy atom. The first-order valence-corrected chi connectivity index (χ1v) is 8.37. The Kier molecular flexibility index (Phi) is 3.96. The van der Waals surface area contributed by atoms with E-state index in [4.69, 9.17) is 0 Å². The van der Waals surface area contributed by atoms with Crippen LogP contribution in [0.25, 0.3) is 5.57 Å². The van der Waals surface area contributed by atoms with Crippen LogP contribution in [-0.4, -0.2) is 20.7 Å². The number of hydrogen-bond acceptors (Lipinski definition) is 2. The maximum atomic E-state index is 12.1. The zero-order valence-electron chi connectivity index (χ0n) is 13.0. The van der Waals surface area contributed by atoms with Crippen LogP contribution in [0.15, 0.2) is 29.2 Å². The third-order valence-electron chi connectivity index (χ3n) is 3.89. The predicted octanol–water partition coefficient (Wildman–Crippen LogP) is 3.65. The SMILES string of the molecule is C/C(=C\C(C)(C)O)c1ccc2c(c1)C(C)(C)CCS2=O. The molecular formula is C17H24O2S. The second-order valence-electron chi connectivity index (χ2n) is 6.88.